The Hall–Kier alpha value is -1.14. The molecule has 0 radical (unpaired) electrons. The van der Waals surface area contributed by atoms with Gasteiger partial charge in [0.2, 0.25) is 5.91 Å². The van der Waals surface area contributed by atoms with Crippen LogP contribution < -0.4 is 0 Å². The predicted molar refractivity (Wildman–Crippen MR) is 64.3 cm³/mol. The first-order chi connectivity index (χ1) is 8.63. The van der Waals surface area contributed by atoms with Crippen molar-refractivity contribution in [1.82, 2.24) is 4.90 Å². The summed E-state index contributed by atoms with van der Waals surface area (Å²) in [4.78, 5) is 23.7. The molecule has 0 aromatic rings. The highest BCUT2D eigenvalue weighted by Crippen LogP contribution is 2.14. The van der Waals surface area contributed by atoms with Crippen molar-refractivity contribution < 1.29 is 24.2 Å². The summed E-state index contributed by atoms with van der Waals surface area (Å²) < 4.78 is 10.3. The Morgan fingerprint density at radius 1 is 1.22 bits per heavy atom. The molecule has 1 aliphatic heterocycles. The van der Waals surface area contributed by atoms with E-state index in [1.165, 1.54) is 0 Å². The van der Waals surface area contributed by atoms with Gasteiger partial charge in [0.25, 0.3) is 0 Å². The average molecular weight is 259 g/mol. The minimum Gasteiger partial charge on any atom is -0.481 e. The first kappa shape index (κ1) is 14.9. The molecule has 6 nitrogen and oxygen atoms in total. The van der Waals surface area contributed by atoms with Gasteiger partial charge in [-0.1, -0.05) is 0 Å². The first-order valence-electron chi connectivity index (χ1n) is 6.23. The van der Waals surface area contributed by atoms with Crippen LogP contribution in [0.2, 0.25) is 0 Å². The molecule has 1 saturated heterocycles. The van der Waals surface area contributed by atoms with E-state index >= 15 is 0 Å². The van der Waals surface area contributed by atoms with E-state index in [0.717, 1.165) is 0 Å². The van der Waals surface area contributed by atoms with Crippen molar-refractivity contribution in [2.24, 2.45) is 0 Å². The molecule has 0 atom stereocenters. The predicted octanol–water partition coefficient (Wildman–Crippen LogP) is 0.505. The lowest BCUT2D eigenvalue weighted by Gasteiger charge is -2.39. The van der Waals surface area contributed by atoms with Gasteiger partial charge in [-0.15, -0.1) is 0 Å². The summed E-state index contributed by atoms with van der Waals surface area (Å²) >= 11 is 0. The van der Waals surface area contributed by atoms with Crippen molar-refractivity contribution in [2.45, 2.75) is 31.8 Å². The molecule has 0 spiro atoms. The summed E-state index contributed by atoms with van der Waals surface area (Å²) in [6.07, 6.45) is 1.89. The lowest BCUT2D eigenvalue weighted by molar-refractivity contribution is -0.146. The molecule has 1 fully saturated rings. The third kappa shape index (κ3) is 5.46. The molecule has 1 heterocycles. The molecule has 0 saturated carbocycles. The molecule has 0 aliphatic carbocycles. The Bertz CT molecular complexity index is 276. The first-order valence-corrected chi connectivity index (χ1v) is 6.23. The molecule has 1 rings (SSSR count). The van der Waals surface area contributed by atoms with Gasteiger partial charge < -0.3 is 19.5 Å². The van der Waals surface area contributed by atoms with Crippen LogP contribution in [0.4, 0.5) is 0 Å². The van der Waals surface area contributed by atoms with Crippen LogP contribution >= 0.6 is 0 Å². The summed E-state index contributed by atoms with van der Waals surface area (Å²) in [6.45, 7) is 2.41. The van der Waals surface area contributed by atoms with Crippen LogP contribution in [0.1, 0.15) is 25.7 Å². The van der Waals surface area contributed by atoms with E-state index in [-0.39, 0.29) is 18.4 Å². The lowest BCUT2D eigenvalue weighted by Crippen LogP contribution is -2.54. The third-order valence-electron chi connectivity index (χ3n) is 2.87. The fraction of sp³-hybridized carbons (Fsp3) is 0.833. The van der Waals surface area contributed by atoms with Gasteiger partial charge in [0.1, 0.15) is 0 Å². The van der Waals surface area contributed by atoms with Crippen molar-refractivity contribution in [3.8, 4) is 0 Å². The maximum Gasteiger partial charge on any atom is 0.303 e. The zero-order valence-electron chi connectivity index (χ0n) is 10.8. The topological polar surface area (TPSA) is 76.1 Å². The maximum absolute atomic E-state index is 11.6. The Kier molecular flexibility index (Phi) is 6.67. The Morgan fingerprint density at radius 3 is 2.50 bits per heavy atom. The number of carboxylic acid groups (broad SMARTS) is 1. The lowest BCUT2D eigenvalue weighted by atomic mass is 10.1. The van der Waals surface area contributed by atoms with Gasteiger partial charge in [0, 0.05) is 33.0 Å². The van der Waals surface area contributed by atoms with E-state index in [4.69, 9.17) is 14.6 Å². The maximum atomic E-state index is 11.6. The molecular formula is C12H21NO5. The smallest absolute Gasteiger partial charge is 0.303 e. The number of hydrogen-bond donors (Lipinski definition) is 1. The second-order valence-electron chi connectivity index (χ2n) is 4.39. The van der Waals surface area contributed by atoms with Gasteiger partial charge in [0.15, 0.2) is 0 Å². The van der Waals surface area contributed by atoms with E-state index in [2.05, 4.69) is 0 Å². The molecule has 18 heavy (non-hydrogen) atoms. The standard InChI is InChI=1S/C12H21NO5/c1-17-6-7-18-10-8-13(9-10)11(14)4-2-3-5-12(15)16/h10H,2-9H2,1H3,(H,15,16). The largest absolute Gasteiger partial charge is 0.481 e. The number of amides is 1. The molecule has 0 bridgehead atoms. The second-order valence-corrected chi connectivity index (χ2v) is 4.39. The van der Waals surface area contributed by atoms with Crippen molar-refractivity contribution in [3.05, 3.63) is 0 Å². The van der Waals surface area contributed by atoms with Gasteiger partial charge in [0.05, 0.1) is 19.3 Å². The van der Waals surface area contributed by atoms with E-state index in [0.29, 0.717) is 45.6 Å². The SMILES string of the molecule is COCCOC1CN(C(=O)CCCCC(=O)O)C1. The van der Waals surface area contributed by atoms with Crippen molar-refractivity contribution in [3.63, 3.8) is 0 Å². The average Bonchev–Trinajstić information content (AvgIpc) is 2.27. The highest BCUT2D eigenvalue weighted by Gasteiger charge is 2.30. The van der Waals surface area contributed by atoms with Crippen LogP contribution in [0.3, 0.4) is 0 Å². The minimum absolute atomic E-state index is 0.0898. The third-order valence-corrected chi connectivity index (χ3v) is 2.87. The Balaban J connectivity index is 1.99. The number of carbonyl (C=O) groups excluding carboxylic acids is 1. The molecule has 1 N–H and O–H groups in total. The summed E-state index contributed by atoms with van der Waals surface area (Å²) in [7, 11) is 1.62. The van der Waals surface area contributed by atoms with E-state index in [1.807, 2.05) is 0 Å². The number of carbonyl (C=O) groups is 2. The van der Waals surface area contributed by atoms with Crippen molar-refractivity contribution >= 4 is 11.9 Å². The molecule has 0 aromatic heterocycles. The molecule has 1 amide bonds. The number of likely N-dealkylation sites (tertiary alicyclic amines) is 1. The summed E-state index contributed by atoms with van der Waals surface area (Å²) in [5.74, 6) is -0.718. The number of carboxylic acids is 1. The second kappa shape index (κ2) is 8.05. The Morgan fingerprint density at radius 2 is 1.89 bits per heavy atom. The van der Waals surface area contributed by atoms with E-state index < -0.39 is 5.97 Å². The van der Waals surface area contributed by atoms with Crippen LogP contribution in [0.15, 0.2) is 0 Å². The quantitative estimate of drug-likeness (QED) is 0.610. The molecule has 104 valence electrons. The van der Waals surface area contributed by atoms with Crippen molar-refractivity contribution in [2.75, 3.05) is 33.4 Å². The number of hydrogen-bond acceptors (Lipinski definition) is 4. The van der Waals surface area contributed by atoms with E-state index in [9.17, 15) is 9.59 Å². The number of methoxy groups -OCH3 is 1. The number of ether oxygens (including phenoxy) is 2. The van der Waals surface area contributed by atoms with Gasteiger partial charge in [-0.3, -0.25) is 9.59 Å². The van der Waals surface area contributed by atoms with E-state index in [1.54, 1.807) is 12.0 Å². The number of rotatable bonds is 9. The normalized spacial score (nSPS) is 15.5. The van der Waals surface area contributed by atoms with Gasteiger partial charge >= 0.3 is 5.97 Å². The fourth-order valence-corrected chi connectivity index (χ4v) is 1.76. The number of aliphatic carboxylic acids is 1. The zero-order valence-corrected chi connectivity index (χ0v) is 10.8. The van der Waals surface area contributed by atoms with Gasteiger partial charge in [-0.05, 0) is 12.8 Å². The van der Waals surface area contributed by atoms with Crippen molar-refractivity contribution in [1.29, 1.82) is 0 Å². The highest BCUT2D eigenvalue weighted by molar-refractivity contribution is 5.77. The summed E-state index contributed by atoms with van der Waals surface area (Å²) in [5.41, 5.74) is 0. The monoisotopic (exact) mass is 259 g/mol. The molecule has 6 heteroatoms. The van der Waals surface area contributed by atoms with Crippen LogP contribution in [0.25, 0.3) is 0 Å². The molecule has 0 aromatic carbocycles. The van der Waals surface area contributed by atoms with Crippen LogP contribution in [-0.2, 0) is 19.1 Å². The molecule has 0 unspecified atom stereocenters. The zero-order chi connectivity index (χ0) is 13.4. The van der Waals surface area contributed by atoms with Crippen LogP contribution in [0.5, 0.6) is 0 Å². The molecular weight excluding hydrogens is 238 g/mol. The number of nitrogens with zero attached hydrogens (tertiary/aromatic N) is 1. The van der Waals surface area contributed by atoms with Crippen LogP contribution in [0, 0.1) is 0 Å². The summed E-state index contributed by atoms with van der Waals surface area (Å²) in [6, 6.07) is 0. The number of unbranched alkanes of at least 4 members (excludes halogenated alkanes) is 1. The minimum atomic E-state index is -0.807. The summed E-state index contributed by atoms with van der Waals surface area (Å²) in [5, 5.41) is 8.46. The Labute approximate surface area is 107 Å². The fourth-order valence-electron chi connectivity index (χ4n) is 1.76. The van der Waals surface area contributed by atoms with Gasteiger partial charge in [-0.2, -0.15) is 0 Å². The highest BCUT2D eigenvalue weighted by atomic mass is 16.5. The van der Waals surface area contributed by atoms with Gasteiger partial charge in [-0.25, -0.2) is 0 Å². The van der Waals surface area contributed by atoms with Crippen LogP contribution in [-0.4, -0.2) is 61.4 Å². The molecule has 1 aliphatic rings.